The van der Waals surface area contributed by atoms with Gasteiger partial charge in [0, 0.05) is 60.5 Å². The first-order valence-corrected chi connectivity index (χ1v) is 12.5. The number of alkyl halides is 3. The first-order chi connectivity index (χ1) is 18.3. The molecule has 4 aromatic rings. The Hall–Kier alpha value is -4.15. The molecule has 0 radical (unpaired) electrons. The molecule has 0 saturated heterocycles. The number of aryl methyl sites for hydroxylation is 1. The number of carbonyl (C=O) groups is 1. The molecule has 0 fully saturated rings. The van der Waals surface area contributed by atoms with Gasteiger partial charge in [-0.05, 0) is 57.4 Å². The van der Waals surface area contributed by atoms with Crippen molar-refractivity contribution in [1.29, 1.82) is 0 Å². The summed E-state index contributed by atoms with van der Waals surface area (Å²) in [5.74, 6) is -1.23. The van der Waals surface area contributed by atoms with Crippen molar-refractivity contribution in [2.24, 2.45) is 7.05 Å². The fourth-order valence-corrected chi connectivity index (χ4v) is 4.89. The van der Waals surface area contributed by atoms with Crippen molar-refractivity contribution in [3.8, 4) is 16.8 Å². The van der Waals surface area contributed by atoms with Crippen LogP contribution >= 0.6 is 0 Å². The van der Waals surface area contributed by atoms with E-state index in [0.717, 1.165) is 47.4 Å². The lowest BCUT2D eigenvalue weighted by atomic mass is 10.1. The Labute approximate surface area is 222 Å². The Kier molecular flexibility index (Phi) is 6.48. The Balaban J connectivity index is 1.46. The smallest absolute Gasteiger partial charge is 0.444 e. The van der Waals surface area contributed by atoms with Gasteiger partial charge in [0.05, 0.1) is 17.7 Å². The normalized spacial score (nSPS) is 14.3. The zero-order chi connectivity index (χ0) is 28.1. The fraction of sp³-hybridized carbons (Fsp3) is 0.357. The summed E-state index contributed by atoms with van der Waals surface area (Å²) in [6.45, 7) is 6.58. The zero-order valence-corrected chi connectivity index (χ0v) is 22.0. The number of ether oxygens (including phenoxy) is 1. The maximum atomic E-state index is 13.0. The van der Waals surface area contributed by atoms with Gasteiger partial charge in [-0.2, -0.15) is 13.2 Å². The van der Waals surface area contributed by atoms with Gasteiger partial charge in [-0.25, -0.2) is 14.8 Å². The third-order valence-electron chi connectivity index (χ3n) is 6.70. The summed E-state index contributed by atoms with van der Waals surface area (Å²) in [5.41, 5.74) is 3.56. The van der Waals surface area contributed by atoms with Gasteiger partial charge in [0.2, 0.25) is 5.82 Å². The highest BCUT2D eigenvalue weighted by Gasteiger charge is 2.34. The van der Waals surface area contributed by atoms with E-state index in [1.807, 2.05) is 46.0 Å². The quantitative estimate of drug-likeness (QED) is 0.337. The first-order valence-electron chi connectivity index (χ1n) is 12.5. The van der Waals surface area contributed by atoms with E-state index >= 15 is 0 Å². The molecule has 39 heavy (non-hydrogen) atoms. The maximum Gasteiger partial charge on any atom is 0.451 e. The third-order valence-corrected chi connectivity index (χ3v) is 6.70. The molecule has 1 aliphatic heterocycles. The van der Waals surface area contributed by atoms with Crippen LogP contribution in [0.2, 0.25) is 0 Å². The minimum absolute atomic E-state index is 0.309. The molecule has 0 atom stereocenters. The van der Waals surface area contributed by atoms with Gasteiger partial charge in [-0.3, -0.25) is 9.36 Å². The summed E-state index contributed by atoms with van der Waals surface area (Å²) in [7, 11) is 1.98. The van der Waals surface area contributed by atoms with Crippen LogP contribution in [-0.4, -0.2) is 42.2 Å². The number of nitrogens with zero attached hydrogens (tertiary/aromatic N) is 5. The second-order valence-corrected chi connectivity index (χ2v) is 10.6. The molecule has 4 heterocycles. The average molecular weight is 540 g/mol. The molecule has 0 bridgehead atoms. The Bertz CT molecular complexity index is 1620. The van der Waals surface area contributed by atoms with Crippen LogP contribution in [0.1, 0.15) is 44.3 Å². The highest BCUT2D eigenvalue weighted by Crippen LogP contribution is 2.32. The van der Waals surface area contributed by atoms with E-state index in [4.69, 9.17) is 4.74 Å². The molecule has 8 nitrogen and oxygen atoms in total. The number of halogens is 3. The molecule has 204 valence electrons. The number of fused-ring (bicyclic) bond motifs is 3. The van der Waals surface area contributed by atoms with Crippen LogP contribution < -0.4 is 5.56 Å². The molecule has 1 amide bonds. The van der Waals surface area contributed by atoms with Gasteiger partial charge >= 0.3 is 12.3 Å². The maximum absolute atomic E-state index is 13.0. The standard InChI is InChI=1S/C28H28F3N5O3/c1-27(2,3)39-26(38)35-10-5-6-22-21(16-35)20-8-7-19(13-23(20)34(22)4)36-11-9-17(12-24(36)37)18-14-32-25(33-15-18)28(29,30)31/h7-9,11-15H,5-6,10,16H2,1-4H3. The van der Waals surface area contributed by atoms with Crippen molar-refractivity contribution < 1.29 is 22.7 Å². The van der Waals surface area contributed by atoms with Crippen LogP contribution in [0.5, 0.6) is 0 Å². The van der Waals surface area contributed by atoms with Gasteiger partial charge in [-0.15, -0.1) is 0 Å². The van der Waals surface area contributed by atoms with Crippen LogP contribution in [0.15, 0.2) is 53.7 Å². The summed E-state index contributed by atoms with van der Waals surface area (Å²) < 4.78 is 47.5. The molecule has 1 aromatic carbocycles. The largest absolute Gasteiger partial charge is 0.451 e. The van der Waals surface area contributed by atoms with Gasteiger partial charge in [-0.1, -0.05) is 6.07 Å². The molecule has 3 aromatic heterocycles. The molecule has 11 heteroatoms. The van der Waals surface area contributed by atoms with Crippen LogP contribution in [0.3, 0.4) is 0 Å². The van der Waals surface area contributed by atoms with Gasteiger partial charge in [0.1, 0.15) is 5.60 Å². The Morgan fingerprint density at radius 3 is 2.38 bits per heavy atom. The fourth-order valence-electron chi connectivity index (χ4n) is 4.89. The van der Waals surface area contributed by atoms with Crippen LogP contribution in [0.4, 0.5) is 18.0 Å². The van der Waals surface area contributed by atoms with E-state index in [2.05, 4.69) is 14.5 Å². The number of hydrogen-bond acceptors (Lipinski definition) is 5. The molecular formula is C28H28F3N5O3. The van der Waals surface area contributed by atoms with Crippen molar-refractivity contribution >= 4 is 17.0 Å². The summed E-state index contributed by atoms with van der Waals surface area (Å²) in [4.78, 5) is 34.3. The molecule has 0 N–H and O–H groups in total. The lowest BCUT2D eigenvalue weighted by Gasteiger charge is -2.26. The Morgan fingerprint density at radius 1 is 1.03 bits per heavy atom. The summed E-state index contributed by atoms with van der Waals surface area (Å²) >= 11 is 0. The molecule has 5 rings (SSSR count). The van der Waals surface area contributed by atoms with E-state index in [-0.39, 0.29) is 11.7 Å². The monoisotopic (exact) mass is 539 g/mol. The van der Waals surface area contributed by atoms with Gasteiger partial charge in [0.15, 0.2) is 0 Å². The highest BCUT2D eigenvalue weighted by molar-refractivity contribution is 5.88. The van der Waals surface area contributed by atoms with Crippen molar-refractivity contribution in [3.63, 3.8) is 0 Å². The van der Waals surface area contributed by atoms with Crippen LogP contribution in [-0.2, 0) is 30.9 Å². The van der Waals surface area contributed by atoms with Crippen LogP contribution in [0.25, 0.3) is 27.7 Å². The first kappa shape index (κ1) is 26.5. The van der Waals surface area contributed by atoms with Crippen molar-refractivity contribution in [3.05, 3.63) is 76.4 Å². The van der Waals surface area contributed by atoms with Crippen molar-refractivity contribution in [2.45, 2.75) is 51.9 Å². The summed E-state index contributed by atoms with van der Waals surface area (Å²) in [5, 5.41) is 0.998. The zero-order valence-electron chi connectivity index (χ0n) is 22.0. The lowest BCUT2D eigenvalue weighted by Crippen LogP contribution is -2.36. The number of benzene rings is 1. The lowest BCUT2D eigenvalue weighted by molar-refractivity contribution is -0.145. The number of rotatable bonds is 2. The number of carbonyl (C=O) groups excluding carboxylic acids is 1. The second-order valence-electron chi connectivity index (χ2n) is 10.6. The topological polar surface area (TPSA) is 82.3 Å². The summed E-state index contributed by atoms with van der Waals surface area (Å²) in [6.07, 6.45) is 0.320. The minimum Gasteiger partial charge on any atom is -0.444 e. The van der Waals surface area contributed by atoms with E-state index in [1.165, 1.54) is 10.6 Å². The minimum atomic E-state index is -4.64. The Morgan fingerprint density at radius 2 is 1.74 bits per heavy atom. The number of amides is 1. The molecule has 1 aliphatic rings. The SMILES string of the molecule is Cn1c2c(c3ccc(-n4ccc(-c5cnc(C(F)(F)F)nc5)cc4=O)cc31)CN(C(=O)OC(C)(C)C)CCC2. The number of pyridine rings is 1. The predicted octanol–water partition coefficient (Wildman–Crippen LogP) is 5.49. The van der Waals surface area contributed by atoms with E-state index < -0.39 is 17.6 Å². The average Bonchev–Trinajstić information content (AvgIpc) is 3.00. The summed E-state index contributed by atoms with van der Waals surface area (Å²) in [6, 6.07) is 8.69. The van der Waals surface area contributed by atoms with Crippen LogP contribution in [0, 0.1) is 0 Å². The molecular weight excluding hydrogens is 511 g/mol. The highest BCUT2D eigenvalue weighted by atomic mass is 19.4. The van der Waals surface area contributed by atoms with E-state index in [1.54, 1.807) is 17.2 Å². The third kappa shape index (κ3) is 5.25. The van der Waals surface area contributed by atoms with Gasteiger partial charge in [0.25, 0.3) is 5.56 Å². The molecule has 0 aliphatic carbocycles. The van der Waals surface area contributed by atoms with Crippen molar-refractivity contribution in [1.82, 2.24) is 24.0 Å². The molecule has 0 unspecified atom stereocenters. The second kappa shape index (κ2) is 9.55. The van der Waals surface area contributed by atoms with Crippen molar-refractivity contribution in [2.75, 3.05) is 6.54 Å². The molecule has 0 spiro atoms. The van der Waals surface area contributed by atoms with E-state index in [9.17, 15) is 22.8 Å². The van der Waals surface area contributed by atoms with E-state index in [0.29, 0.717) is 29.9 Å². The predicted molar refractivity (Wildman–Crippen MR) is 140 cm³/mol. The molecule has 0 saturated carbocycles. The van der Waals surface area contributed by atoms with Gasteiger partial charge < -0.3 is 14.2 Å². The number of aromatic nitrogens is 4. The number of hydrogen-bond donors (Lipinski definition) is 0.